The van der Waals surface area contributed by atoms with Gasteiger partial charge in [0.1, 0.15) is 0 Å². The summed E-state index contributed by atoms with van der Waals surface area (Å²) in [6.45, 7) is 0.528. The lowest BCUT2D eigenvalue weighted by Gasteiger charge is -2.18. The van der Waals surface area contributed by atoms with E-state index in [4.69, 9.17) is 11.6 Å². The maximum Gasteiger partial charge on any atom is 0.255 e. The van der Waals surface area contributed by atoms with Gasteiger partial charge in [-0.3, -0.25) is 4.79 Å². The fourth-order valence-corrected chi connectivity index (χ4v) is 2.49. The molecule has 0 aliphatic carbocycles. The molecule has 0 bridgehead atoms. The predicted molar refractivity (Wildman–Crippen MR) is 81.4 cm³/mol. The van der Waals surface area contributed by atoms with Crippen LogP contribution in [0.4, 0.5) is 0 Å². The molecule has 19 heavy (non-hydrogen) atoms. The third-order valence-electron chi connectivity index (χ3n) is 2.76. The smallest absolute Gasteiger partial charge is 0.255 e. The first kappa shape index (κ1) is 14.1. The summed E-state index contributed by atoms with van der Waals surface area (Å²) in [4.78, 5) is 14.0. The van der Waals surface area contributed by atoms with Crippen molar-refractivity contribution in [2.75, 3.05) is 7.05 Å². The van der Waals surface area contributed by atoms with E-state index in [1.54, 1.807) is 18.0 Å². The Balaban J connectivity index is 2.14. The zero-order valence-corrected chi connectivity index (χ0v) is 12.8. The lowest BCUT2D eigenvalue weighted by molar-refractivity contribution is 0.0784. The number of hydrogen-bond donors (Lipinski definition) is 0. The number of rotatable bonds is 3. The molecule has 0 spiro atoms. The molecule has 0 atom stereocenters. The zero-order chi connectivity index (χ0) is 13.8. The highest BCUT2D eigenvalue weighted by atomic mass is 79.9. The molecule has 0 N–H and O–H groups in total. The Hall–Kier alpha value is -1.32. The van der Waals surface area contributed by atoms with E-state index in [1.165, 1.54) is 0 Å². The number of carbonyl (C=O) groups excluding carboxylic acids is 1. The van der Waals surface area contributed by atoms with Crippen LogP contribution in [-0.2, 0) is 6.54 Å². The van der Waals surface area contributed by atoms with Gasteiger partial charge in [-0.25, -0.2) is 0 Å². The summed E-state index contributed by atoms with van der Waals surface area (Å²) in [6, 6.07) is 14.9. The van der Waals surface area contributed by atoms with E-state index in [9.17, 15) is 4.79 Å². The van der Waals surface area contributed by atoms with Crippen LogP contribution in [0.1, 0.15) is 15.9 Å². The minimum atomic E-state index is -0.0209. The van der Waals surface area contributed by atoms with Gasteiger partial charge in [0, 0.05) is 23.1 Å². The highest BCUT2D eigenvalue weighted by molar-refractivity contribution is 9.10. The Morgan fingerprint density at radius 1 is 1.21 bits per heavy atom. The van der Waals surface area contributed by atoms with Gasteiger partial charge >= 0.3 is 0 Å². The highest BCUT2D eigenvalue weighted by Gasteiger charge is 2.14. The number of benzene rings is 2. The summed E-state index contributed by atoms with van der Waals surface area (Å²) in [5.74, 6) is -0.0209. The number of nitrogens with zero attached hydrogens (tertiary/aromatic N) is 1. The third-order valence-corrected chi connectivity index (χ3v) is 3.69. The molecular weight excluding hydrogens is 326 g/mol. The molecule has 1 amide bonds. The van der Waals surface area contributed by atoms with E-state index >= 15 is 0 Å². The largest absolute Gasteiger partial charge is 0.337 e. The molecular formula is C15H13BrClNO. The molecule has 0 saturated carbocycles. The summed E-state index contributed by atoms with van der Waals surface area (Å²) in [5, 5.41) is 0.680. The van der Waals surface area contributed by atoms with Gasteiger partial charge in [-0.05, 0) is 45.8 Å². The summed E-state index contributed by atoms with van der Waals surface area (Å²) in [7, 11) is 1.78. The molecule has 0 fully saturated rings. The van der Waals surface area contributed by atoms with Gasteiger partial charge < -0.3 is 4.90 Å². The SMILES string of the molecule is CN(Cc1cccc(Cl)c1)C(=O)c1ccccc1Br. The van der Waals surface area contributed by atoms with Gasteiger partial charge in [0.15, 0.2) is 0 Å². The highest BCUT2D eigenvalue weighted by Crippen LogP contribution is 2.19. The van der Waals surface area contributed by atoms with Crippen molar-refractivity contribution in [3.05, 3.63) is 69.2 Å². The molecule has 0 aliphatic heterocycles. The van der Waals surface area contributed by atoms with Crippen molar-refractivity contribution < 1.29 is 4.79 Å². The predicted octanol–water partition coefficient (Wildman–Crippen LogP) is 4.37. The number of carbonyl (C=O) groups is 1. The first-order valence-corrected chi connectivity index (χ1v) is 6.99. The van der Waals surface area contributed by atoms with Gasteiger partial charge in [-0.15, -0.1) is 0 Å². The molecule has 0 saturated heterocycles. The van der Waals surface area contributed by atoms with Crippen LogP contribution >= 0.6 is 27.5 Å². The molecule has 0 aliphatic rings. The molecule has 2 aromatic rings. The minimum Gasteiger partial charge on any atom is -0.337 e. The topological polar surface area (TPSA) is 20.3 Å². The van der Waals surface area contributed by atoms with Crippen LogP contribution in [0.3, 0.4) is 0 Å². The van der Waals surface area contributed by atoms with Crippen molar-refractivity contribution in [3.63, 3.8) is 0 Å². The van der Waals surface area contributed by atoms with E-state index in [1.807, 2.05) is 42.5 Å². The second-order valence-corrected chi connectivity index (χ2v) is 5.56. The van der Waals surface area contributed by atoms with Crippen molar-refractivity contribution in [1.29, 1.82) is 0 Å². The van der Waals surface area contributed by atoms with Crippen LogP contribution in [0.15, 0.2) is 53.0 Å². The Labute approximate surface area is 126 Å². The maximum absolute atomic E-state index is 12.3. The van der Waals surface area contributed by atoms with Crippen LogP contribution in [0.2, 0.25) is 5.02 Å². The fourth-order valence-electron chi connectivity index (χ4n) is 1.82. The molecule has 98 valence electrons. The van der Waals surface area contributed by atoms with Crippen LogP contribution in [-0.4, -0.2) is 17.9 Å². The average molecular weight is 339 g/mol. The van der Waals surface area contributed by atoms with Crippen LogP contribution < -0.4 is 0 Å². The van der Waals surface area contributed by atoms with E-state index in [-0.39, 0.29) is 5.91 Å². The van der Waals surface area contributed by atoms with Crippen LogP contribution in [0.5, 0.6) is 0 Å². The Morgan fingerprint density at radius 3 is 2.63 bits per heavy atom. The van der Waals surface area contributed by atoms with Crippen molar-refractivity contribution in [2.45, 2.75) is 6.54 Å². The van der Waals surface area contributed by atoms with Gasteiger partial charge in [0.2, 0.25) is 0 Å². The number of hydrogen-bond acceptors (Lipinski definition) is 1. The van der Waals surface area contributed by atoms with Gasteiger partial charge in [0.05, 0.1) is 5.56 Å². The van der Waals surface area contributed by atoms with Gasteiger partial charge in [-0.1, -0.05) is 35.9 Å². The summed E-state index contributed by atoms with van der Waals surface area (Å²) in [5.41, 5.74) is 1.67. The molecule has 2 nitrogen and oxygen atoms in total. The Bertz CT molecular complexity index is 600. The van der Waals surface area contributed by atoms with Crippen molar-refractivity contribution >= 4 is 33.4 Å². The molecule has 2 aromatic carbocycles. The first-order valence-electron chi connectivity index (χ1n) is 5.82. The Kier molecular flexibility index (Phi) is 4.61. The van der Waals surface area contributed by atoms with E-state index < -0.39 is 0 Å². The maximum atomic E-state index is 12.3. The second-order valence-electron chi connectivity index (χ2n) is 4.27. The number of halogens is 2. The van der Waals surface area contributed by atoms with Gasteiger partial charge in [0.25, 0.3) is 5.91 Å². The molecule has 0 heterocycles. The lowest BCUT2D eigenvalue weighted by Crippen LogP contribution is -2.26. The van der Waals surface area contributed by atoms with E-state index in [0.29, 0.717) is 17.1 Å². The summed E-state index contributed by atoms with van der Waals surface area (Å²) < 4.78 is 0.804. The fraction of sp³-hybridized carbons (Fsp3) is 0.133. The quantitative estimate of drug-likeness (QED) is 0.813. The summed E-state index contributed by atoms with van der Waals surface area (Å²) >= 11 is 9.33. The molecule has 0 unspecified atom stereocenters. The van der Waals surface area contributed by atoms with E-state index in [2.05, 4.69) is 15.9 Å². The molecule has 0 aromatic heterocycles. The third kappa shape index (κ3) is 3.58. The normalized spacial score (nSPS) is 10.3. The molecule has 4 heteroatoms. The molecule has 2 rings (SSSR count). The first-order chi connectivity index (χ1) is 9.08. The zero-order valence-electron chi connectivity index (χ0n) is 10.4. The van der Waals surface area contributed by atoms with Crippen LogP contribution in [0.25, 0.3) is 0 Å². The van der Waals surface area contributed by atoms with Crippen molar-refractivity contribution in [3.8, 4) is 0 Å². The van der Waals surface area contributed by atoms with Crippen LogP contribution in [0, 0.1) is 0 Å². The second kappa shape index (κ2) is 6.22. The Morgan fingerprint density at radius 2 is 1.95 bits per heavy atom. The monoisotopic (exact) mass is 337 g/mol. The summed E-state index contributed by atoms with van der Waals surface area (Å²) in [6.07, 6.45) is 0. The standard InChI is InChI=1S/C15H13BrClNO/c1-18(10-11-5-4-6-12(17)9-11)15(19)13-7-2-3-8-14(13)16/h2-9H,10H2,1H3. The van der Waals surface area contributed by atoms with Crippen molar-refractivity contribution in [2.24, 2.45) is 0 Å². The van der Waals surface area contributed by atoms with Crippen molar-refractivity contribution in [1.82, 2.24) is 4.90 Å². The van der Waals surface area contributed by atoms with E-state index in [0.717, 1.165) is 10.0 Å². The lowest BCUT2D eigenvalue weighted by atomic mass is 10.1. The molecule has 0 radical (unpaired) electrons. The average Bonchev–Trinajstić information content (AvgIpc) is 2.38. The number of amides is 1. The van der Waals surface area contributed by atoms with Gasteiger partial charge in [-0.2, -0.15) is 0 Å². The minimum absolute atomic E-state index is 0.0209.